The molecule has 0 saturated heterocycles. The van der Waals surface area contributed by atoms with Gasteiger partial charge in [0.15, 0.2) is 18.1 Å². The molecular weight excluding hydrogens is 354 g/mol. The second-order valence-corrected chi connectivity index (χ2v) is 5.80. The van der Waals surface area contributed by atoms with Gasteiger partial charge in [-0.25, -0.2) is 0 Å². The molecule has 0 aliphatic heterocycles. The van der Waals surface area contributed by atoms with Crippen molar-refractivity contribution in [1.82, 2.24) is 5.32 Å². The molecule has 0 spiro atoms. The molecule has 6 nitrogen and oxygen atoms in total. The minimum absolute atomic E-state index is 0.00564. The number of benzene rings is 2. The zero-order valence-corrected chi connectivity index (χ0v) is 15.6. The van der Waals surface area contributed by atoms with Gasteiger partial charge in [-0.2, -0.15) is 10.5 Å². The minimum Gasteiger partial charge on any atom is -0.490 e. The first-order valence-corrected chi connectivity index (χ1v) is 8.88. The van der Waals surface area contributed by atoms with Gasteiger partial charge in [-0.15, -0.1) is 0 Å². The summed E-state index contributed by atoms with van der Waals surface area (Å²) in [5.74, 6) is 0.648. The first-order chi connectivity index (χ1) is 13.7. The van der Waals surface area contributed by atoms with Crippen LogP contribution in [0.4, 0.5) is 0 Å². The first-order valence-electron chi connectivity index (χ1n) is 8.88. The molecular formula is C22H21N3O3. The van der Waals surface area contributed by atoms with Crippen LogP contribution < -0.4 is 14.8 Å². The Labute approximate surface area is 164 Å². The highest BCUT2D eigenvalue weighted by molar-refractivity contribution is 5.77. The van der Waals surface area contributed by atoms with Crippen LogP contribution in [0, 0.1) is 22.7 Å². The number of rotatable bonds is 9. The molecule has 6 heteroatoms. The number of nitrogens with zero attached hydrogens (tertiary/aromatic N) is 2. The Morgan fingerprint density at radius 1 is 1.07 bits per heavy atom. The van der Waals surface area contributed by atoms with E-state index in [0.29, 0.717) is 30.2 Å². The summed E-state index contributed by atoms with van der Waals surface area (Å²) in [6.07, 6.45) is 2.21. The highest BCUT2D eigenvalue weighted by atomic mass is 16.5. The van der Waals surface area contributed by atoms with Gasteiger partial charge < -0.3 is 14.8 Å². The smallest absolute Gasteiger partial charge is 0.257 e. The molecule has 1 amide bonds. The van der Waals surface area contributed by atoms with Gasteiger partial charge in [-0.05, 0) is 42.7 Å². The van der Waals surface area contributed by atoms with Gasteiger partial charge in [-0.1, -0.05) is 36.4 Å². The van der Waals surface area contributed by atoms with E-state index in [9.17, 15) is 4.79 Å². The van der Waals surface area contributed by atoms with Crippen LogP contribution in [0.15, 0.2) is 54.1 Å². The van der Waals surface area contributed by atoms with E-state index in [1.165, 1.54) is 6.08 Å². The molecule has 0 radical (unpaired) electrons. The SMILES string of the molecule is CCOc1cc(C=C(C#N)C#N)ccc1OCC(=O)NCCc1ccccc1. The zero-order chi connectivity index (χ0) is 20.2. The van der Waals surface area contributed by atoms with Crippen molar-refractivity contribution < 1.29 is 14.3 Å². The summed E-state index contributed by atoms with van der Waals surface area (Å²) < 4.78 is 11.1. The lowest BCUT2D eigenvalue weighted by molar-refractivity contribution is -0.123. The third-order valence-corrected chi connectivity index (χ3v) is 3.76. The molecule has 0 saturated carbocycles. The summed E-state index contributed by atoms with van der Waals surface area (Å²) in [6, 6.07) is 18.5. The van der Waals surface area contributed by atoms with Gasteiger partial charge in [0.2, 0.25) is 0 Å². The molecule has 2 aromatic rings. The topological polar surface area (TPSA) is 95.1 Å². The van der Waals surface area contributed by atoms with Crippen LogP contribution in [0.1, 0.15) is 18.1 Å². The van der Waals surface area contributed by atoms with E-state index in [2.05, 4.69) is 5.32 Å². The lowest BCUT2D eigenvalue weighted by Gasteiger charge is -2.13. The number of carbonyl (C=O) groups excluding carboxylic acids is 1. The maximum atomic E-state index is 12.0. The Bertz CT molecular complexity index is 893. The molecule has 0 aromatic heterocycles. The zero-order valence-electron chi connectivity index (χ0n) is 15.6. The fourth-order valence-electron chi connectivity index (χ4n) is 2.44. The monoisotopic (exact) mass is 375 g/mol. The van der Waals surface area contributed by atoms with Gasteiger partial charge in [0.05, 0.1) is 6.61 Å². The summed E-state index contributed by atoms with van der Waals surface area (Å²) in [5.41, 5.74) is 1.79. The van der Waals surface area contributed by atoms with Crippen LogP contribution in [0.5, 0.6) is 11.5 Å². The number of hydrogen-bond donors (Lipinski definition) is 1. The van der Waals surface area contributed by atoms with E-state index in [1.807, 2.05) is 49.4 Å². The molecule has 0 aliphatic rings. The Kier molecular flexibility index (Phi) is 8.11. The number of nitriles is 2. The largest absolute Gasteiger partial charge is 0.490 e. The average Bonchev–Trinajstić information content (AvgIpc) is 2.72. The van der Waals surface area contributed by atoms with E-state index in [0.717, 1.165) is 12.0 Å². The maximum absolute atomic E-state index is 12.0. The van der Waals surface area contributed by atoms with Gasteiger partial charge >= 0.3 is 0 Å². The molecule has 0 bridgehead atoms. The number of nitrogens with one attached hydrogen (secondary N) is 1. The Morgan fingerprint density at radius 2 is 1.82 bits per heavy atom. The van der Waals surface area contributed by atoms with Crippen LogP contribution in [0.2, 0.25) is 0 Å². The summed E-state index contributed by atoms with van der Waals surface area (Å²) in [5, 5.41) is 20.5. The molecule has 2 rings (SSSR count). The number of amides is 1. The predicted octanol–water partition coefficient (Wildman–Crippen LogP) is 3.25. The molecule has 0 atom stereocenters. The second kappa shape index (κ2) is 11.1. The molecule has 1 N–H and O–H groups in total. The lowest BCUT2D eigenvalue weighted by Crippen LogP contribution is -2.30. The van der Waals surface area contributed by atoms with Crippen LogP contribution in [0.25, 0.3) is 6.08 Å². The fourth-order valence-corrected chi connectivity index (χ4v) is 2.44. The molecule has 0 aliphatic carbocycles. The molecule has 142 valence electrons. The summed E-state index contributed by atoms with van der Waals surface area (Å²) in [6.45, 7) is 2.64. The van der Waals surface area contributed by atoms with Crippen molar-refractivity contribution in [3.05, 3.63) is 65.2 Å². The van der Waals surface area contributed by atoms with Crippen molar-refractivity contribution in [2.45, 2.75) is 13.3 Å². The van der Waals surface area contributed by atoms with Crippen molar-refractivity contribution in [1.29, 1.82) is 10.5 Å². The standard InChI is InChI=1S/C22H21N3O3/c1-2-27-21-13-18(12-19(14-23)15-24)8-9-20(21)28-16-22(26)25-11-10-17-6-4-3-5-7-17/h3-9,12-13H,2,10-11,16H2,1H3,(H,25,26). The van der Waals surface area contributed by atoms with Gasteiger partial charge in [0, 0.05) is 6.54 Å². The van der Waals surface area contributed by atoms with Gasteiger partial charge in [0.1, 0.15) is 17.7 Å². The first kappa shape index (κ1) is 20.5. The van der Waals surface area contributed by atoms with Crippen LogP contribution in [0.3, 0.4) is 0 Å². The quantitative estimate of drug-likeness (QED) is 0.679. The summed E-state index contributed by atoms with van der Waals surface area (Å²) in [4.78, 5) is 12.0. The summed E-state index contributed by atoms with van der Waals surface area (Å²) in [7, 11) is 0. The third-order valence-electron chi connectivity index (χ3n) is 3.76. The number of allylic oxidation sites excluding steroid dienone is 1. The normalized spacial score (nSPS) is 9.54. The Balaban J connectivity index is 1.93. The van der Waals surface area contributed by atoms with Crippen LogP contribution >= 0.6 is 0 Å². The average molecular weight is 375 g/mol. The van der Waals surface area contributed by atoms with Gasteiger partial charge in [0.25, 0.3) is 5.91 Å². The number of carbonyl (C=O) groups is 1. The van der Waals surface area contributed by atoms with Gasteiger partial charge in [-0.3, -0.25) is 4.79 Å². The molecule has 0 fully saturated rings. The van der Waals surface area contributed by atoms with Crippen molar-refractivity contribution in [3.63, 3.8) is 0 Å². The number of hydrogen-bond acceptors (Lipinski definition) is 5. The molecule has 28 heavy (non-hydrogen) atoms. The van der Waals surface area contributed by atoms with Crippen molar-refractivity contribution in [2.75, 3.05) is 19.8 Å². The Hall–Kier alpha value is -3.77. The van der Waals surface area contributed by atoms with Crippen molar-refractivity contribution >= 4 is 12.0 Å². The highest BCUT2D eigenvalue weighted by Gasteiger charge is 2.09. The van der Waals surface area contributed by atoms with Crippen LogP contribution in [-0.4, -0.2) is 25.7 Å². The minimum atomic E-state index is -0.224. The Morgan fingerprint density at radius 3 is 2.50 bits per heavy atom. The fraction of sp³-hybridized carbons (Fsp3) is 0.227. The lowest BCUT2D eigenvalue weighted by atomic mass is 10.1. The summed E-state index contributed by atoms with van der Waals surface area (Å²) >= 11 is 0. The molecule has 0 unspecified atom stereocenters. The number of ether oxygens (including phenoxy) is 2. The highest BCUT2D eigenvalue weighted by Crippen LogP contribution is 2.29. The third kappa shape index (κ3) is 6.51. The van der Waals surface area contributed by atoms with E-state index in [4.69, 9.17) is 20.0 Å². The van der Waals surface area contributed by atoms with Crippen LogP contribution in [-0.2, 0) is 11.2 Å². The van der Waals surface area contributed by atoms with Crippen molar-refractivity contribution in [2.24, 2.45) is 0 Å². The molecule has 0 heterocycles. The van der Waals surface area contributed by atoms with E-state index >= 15 is 0 Å². The van der Waals surface area contributed by atoms with E-state index in [1.54, 1.807) is 18.2 Å². The predicted molar refractivity (Wildman–Crippen MR) is 105 cm³/mol. The second-order valence-electron chi connectivity index (χ2n) is 5.80. The maximum Gasteiger partial charge on any atom is 0.257 e. The molecule has 2 aromatic carbocycles. The van der Waals surface area contributed by atoms with Crippen molar-refractivity contribution in [3.8, 4) is 23.6 Å². The van der Waals surface area contributed by atoms with E-state index < -0.39 is 0 Å². The van der Waals surface area contributed by atoms with E-state index in [-0.39, 0.29) is 18.1 Å².